The number of aromatic nitrogens is 3. The Morgan fingerprint density at radius 3 is 2.88 bits per heavy atom. The van der Waals surface area contributed by atoms with Gasteiger partial charge >= 0.3 is 5.97 Å². The van der Waals surface area contributed by atoms with Gasteiger partial charge in [-0.25, -0.2) is 9.78 Å². The van der Waals surface area contributed by atoms with Crippen molar-refractivity contribution in [1.82, 2.24) is 14.4 Å². The van der Waals surface area contributed by atoms with Crippen molar-refractivity contribution in [2.45, 2.75) is 20.5 Å². The molecule has 1 aromatic carbocycles. The number of pyridine rings is 1. The average Bonchev–Trinajstić information content (AvgIpc) is 3.09. The first-order valence-corrected chi connectivity index (χ1v) is 8.91. The second kappa shape index (κ2) is 6.34. The van der Waals surface area contributed by atoms with E-state index >= 15 is 0 Å². The molecule has 7 heteroatoms. The molecule has 0 fully saturated rings. The minimum atomic E-state index is -0.466. The van der Waals surface area contributed by atoms with E-state index in [2.05, 4.69) is 9.97 Å². The van der Waals surface area contributed by atoms with Crippen LogP contribution in [0.3, 0.4) is 0 Å². The monoisotopic (exact) mass is 365 g/mol. The van der Waals surface area contributed by atoms with Gasteiger partial charge in [0.15, 0.2) is 4.96 Å². The van der Waals surface area contributed by atoms with E-state index in [-0.39, 0.29) is 12.2 Å². The van der Waals surface area contributed by atoms with Crippen LogP contribution in [0.5, 0.6) is 0 Å². The van der Waals surface area contributed by atoms with Crippen molar-refractivity contribution in [3.8, 4) is 0 Å². The Labute approximate surface area is 152 Å². The molecule has 4 rings (SSSR count). The van der Waals surface area contributed by atoms with Crippen LogP contribution < -0.4 is 5.56 Å². The van der Waals surface area contributed by atoms with Crippen LogP contribution in [0.2, 0.25) is 0 Å². The summed E-state index contributed by atoms with van der Waals surface area (Å²) in [4.78, 5) is 34.1. The lowest BCUT2D eigenvalue weighted by Crippen LogP contribution is -2.15. The molecule has 130 valence electrons. The Morgan fingerprint density at radius 1 is 1.23 bits per heavy atom. The molecule has 4 aromatic rings. The summed E-state index contributed by atoms with van der Waals surface area (Å²) in [6, 6.07) is 9.05. The topological polar surface area (TPSA) is 73.6 Å². The van der Waals surface area contributed by atoms with E-state index in [4.69, 9.17) is 4.74 Å². The Kier molecular flexibility index (Phi) is 4.00. The second-order valence-corrected chi connectivity index (χ2v) is 6.80. The summed E-state index contributed by atoms with van der Waals surface area (Å²) in [5.74, 6) is -0.466. The highest BCUT2D eigenvalue weighted by molar-refractivity contribution is 7.15. The summed E-state index contributed by atoms with van der Waals surface area (Å²) in [6.07, 6.45) is 1.67. The van der Waals surface area contributed by atoms with Crippen LogP contribution in [-0.4, -0.2) is 20.3 Å². The zero-order valence-corrected chi connectivity index (χ0v) is 15.0. The van der Waals surface area contributed by atoms with Crippen molar-refractivity contribution in [2.75, 3.05) is 0 Å². The van der Waals surface area contributed by atoms with E-state index in [0.29, 0.717) is 21.9 Å². The minimum Gasteiger partial charge on any atom is -0.456 e. The number of hydrogen-bond acceptors (Lipinski definition) is 6. The van der Waals surface area contributed by atoms with Crippen molar-refractivity contribution in [3.63, 3.8) is 0 Å². The molecule has 0 spiro atoms. The van der Waals surface area contributed by atoms with Crippen LogP contribution in [-0.2, 0) is 11.3 Å². The molecule has 0 amide bonds. The number of thiazole rings is 1. The highest BCUT2D eigenvalue weighted by Crippen LogP contribution is 2.23. The summed E-state index contributed by atoms with van der Waals surface area (Å²) in [6.45, 7) is 3.61. The Balaban J connectivity index is 1.64. The van der Waals surface area contributed by atoms with Crippen molar-refractivity contribution < 1.29 is 9.53 Å². The molecule has 0 aliphatic carbocycles. The zero-order valence-electron chi connectivity index (χ0n) is 14.2. The van der Waals surface area contributed by atoms with E-state index < -0.39 is 5.97 Å². The van der Waals surface area contributed by atoms with Crippen LogP contribution in [0.4, 0.5) is 0 Å². The maximum atomic E-state index is 12.6. The summed E-state index contributed by atoms with van der Waals surface area (Å²) < 4.78 is 6.88. The molecule has 0 aliphatic rings. The molecule has 3 heterocycles. The number of benzene rings is 1. The lowest BCUT2D eigenvalue weighted by molar-refractivity contribution is 0.0465. The van der Waals surface area contributed by atoms with Gasteiger partial charge in [0.2, 0.25) is 0 Å². The third-order valence-corrected chi connectivity index (χ3v) is 5.00. The van der Waals surface area contributed by atoms with Gasteiger partial charge in [-0.2, -0.15) is 0 Å². The van der Waals surface area contributed by atoms with E-state index in [9.17, 15) is 9.59 Å². The number of carbonyl (C=O) groups excluding carboxylic acids is 1. The molecule has 0 N–H and O–H groups in total. The van der Waals surface area contributed by atoms with Crippen molar-refractivity contribution >= 4 is 33.2 Å². The molecular formula is C19H15N3O3S. The number of fused-ring (bicyclic) bond motifs is 2. The Morgan fingerprint density at radius 2 is 2.04 bits per heavy atom. The quantitative estimate of drug-likeness (QED) is 0.521. The molecule has 0 radical (unpaired) electrons. The van der Waals surface area contributed by atoms with Gasteiger partial charge < -0.3 is 4.74 Å². The van der Waals surface area contributed by atoms with Gasteiger partial charge in [-0.15, -0.1) is 11.3 Å². The first kappa shape index (κ1) is 16.4. The Bertz CT molecular complexity index is 1210. The predicted molar refractivity (Wildman–Crippen MR) is 99.7 cm³/mol. The average molecular weight is 365 g/mol. The van der Waals surface area contributed by atoms with E-state index in [1.54, 1.807) is 18.5 Å². The van der Waals surface area contributed by atoms with Crippen molar-refractivity contribution in [3.05, 3.63) is 74.8 Å². The van der Waals surface area contributed by atoms with Gasteiger partial charge in [-0.3, -0.25) is 14.2 Å². The number of aryl methyl sites for hydroxylation is 2. The van der Waals surface area contributed by atoms with Gasteiger partial charge in [-0.1, -0.05) is 18.2 Å². The normalized spacial score (nSPS) is 11.2. The summed E-state index contributed by atoms with van der Waals surface area (Å²) in [5, 5.41) is 2.70. The lowest BCUT2D eigenvalue weighted by atomic mass is 10.0. The number of para-hydroxylation sites is 1. The third-order valence-electron chi connectivity index (χ3n) is 4.24. The van der Waals surface area contributed by atoms with Crippen LogP contribution in [0.15, 0.2) is 46.7 Å². The highest BCUT2D eigenvalue weighted by Gasteiger charge is 2.18. The Hall–Kier alpha value is -3.06. The predicted octanol–water partition coefficient (Wildman–Crippen LogP) is 3.28. The number of rotatable bonds is 3. The first-order valence-electron chi connectivity index (χ1n) is 8.03. The number of ether oxygens (including phenoxy) is 1. The highest BCUT2D eigenvalue weighted by atomic mass is 32.1. The number of carbonyl (C=O) groups is 1. The molecule has 0 bridgehead atoms. The molecule has 0 atom stereocenters. The number of esters is 1. The van der Waals surface area contributed by atoms with Crippen LogP contribution in [0.1, 0.15) is 27.3 Å². The van der Waals surface area contributed by atoms with Gasteiger partial charge in [0.25, 0.3) is 5.56 Å². The van der Waals surface area contributed by atoms with Gasteiger partial charge in [0.1, 0.15) is 6.61 Å². The van der Waals surface area contributed by atoms with E-state index in [0.717, 1.165) is 16.5 Å². The number of nitrogens with zero attached hydrogens (tertiary/aromatic N) is 3. The molecular weight excluding hydrogens is 350 g/mol. The molecule has 6 nitrogen and oxygen atoms in total. The summed E-state index contributed by atoms with van der Waals surface area (Å²) >= 11 is 1.35. The first-order chi connectivity index (χ1) is 12.5. The molecule has 0 saturated carbocycles. The smallest absolute Gasteiger partial charge is 0.340 e. The van der Waals surface area contributed by atoms with Crippen LogP contribution >= 0.6 is 11.3 Å². The number of hydrogen-bond donors (Lipinski definition) is 0. The van der Waals surface area contributed by atoms with Crippen molar-refractivity contribution in [1.29, 1.82) is 0 Å². The van der Waals surface area contributed by atoms with E-state index in [1.807, 2.05) is 31.2 Å². The maximum Gasteiger partial charge on any atom is 0.340 e. The lowest BCUT2D eigenvalue weighted by Gasteiger charge is -2.12. The van der Waals surface area contributed by atoms with Crippen molar-refractivity contribution in [2.24, 2.45) is 0 Å². The molecule has 26 heavy (non-hydrogen) atoms. The fourth-order valence-corrected chi connectivity index (χ4v) is 3.74. The minimum absolute atomic E-state index is 0.0613. The third kappa shape index (κ3) is 2.76. The summed E-state index contributed by atoms with van der Waals surface area (Å²) in [7, 11) is 0. The van der Waals surface area contributed by atoms with Gasteiger partial charge in [0, 0.05) is 23.0 Å². The van der Waals surface area contributed by atoms with Crippen LogP contribution in [0, 0.1) is 13.8 Å². The SMILES string of the molecule is Cc1nc2ccccc2c(C)c1C(=O)OCc1cc(=O)n2ccsc2n1. The zero-order chi connectivity index (χ0) is 18.3. The van der Waals surface area contributed by atoms with E-state index in [1.165, 1.54) is 21.8 Å². The van der Waals surface area contributed by atoms with Gasteiger partial charge in [0.05, 0.1) is 22.5 Å². The fraction of sp³-hybridized carbons (Fsp3) is 0.158. The molecule has 0 saturated heterocycles. The molecule has 0 unspecified atom stereocenters. The van der Waals surface area contributed by atoms with Crippen LogP contribution in [0.25, 0.3) is 15.9 Å². The fourth-order valence-electron chi connectivity index (χ4n) is 3.01. The van der Waals surface area contributed by atoms with Gasteiger partial charge in [-0.05, 0) is 25.5 Å². The molecule has 0 aliphatic heterocycles. The standard InChI is InChI=1S/C19H15N3O3S/c1-11-14-5-3-4-6-15(14)20-12(2)17(11)18(24)25-10-13-9-16(23)22-7-8-26-19(22)21-13/h3-9H,10H2,1-2H3. The second-order valence-electron chi connectivity index (χ2n) is 5.93. The maximum absolute atomic E-state index is 12.6. The molecule has 3 aromatic heterocycles. The largest absolute Gasteiger partial charge is 0.456 e. The summed E-state index contributed by atoms with van der Waals surface area (Å²) in [5.41, 5.74) is 2.99.